The Morgan fingerprint density at radius 2 is 1.15 bits per heavy atom. The lowest BCUT2D eigenvalue weighted by atomic mass is 9.91. The number of aryl methyl sites for hydroxylation is 3. The molecular weight excluding hydrogens is 755 g/mol. The molecule has 59 heavy (non-hydrogen) atoms. The Labute approximate surface area is 350 Å². The van der Waals surface area contributed by atoms with Crippen molar-refractivity contribution in [2.75, 3.05) is 0 Å². The van der Waals surface area contributed by atoms with Gasteiger partial charge in [-0.3, -0.25) is 14.7 Å². The highest BCUT2D eigenvalue weighted by atomic mass is 32.2. The first-order valence-electron chi connectivity index (χ1n) is 20.2. The summed E-state index contributed by atoms with van der Waals surface area (Å²) >= 11 is 0. The van der Waals surface area contributed by atoms with E-state index >= 15 is 0 Å². The Morgan fingerprint density at radius 3 is 1.64 bits per heavy atom. The average molecular weight is 810 g/mol. The van der Waals surface area contributed by atoms with E-state index in [0.29, 0.717) is 36.2 Å². The number of hydrogen-bond acceptors (Lipinski definition) is 7. The van der Waals surface area contributed by atoms with Gasteiger partial charge in [-0.05, 0) is 86.1 Å². The zero-order valence-electron chi connectivity index (χ0n) is 34.6. The molecule has 6 rings (SSSR count). The van der Waals surface area contributed by atoms with E-state index in [1.54, 1.807) is 26.2 Å². The minimum Gasteiger partial charge on any atom is -0.455 e. The first-order valence-corrected chi connectivity index (χ1v) is 21.6. The molecule has 0 amide bonds. The summed E-state index contributed by atoms with van der Waals surface area (Å²) in [5, 5.41) is 12.5. The molecule has 0 bridgehead atoms. The maximum absolute atomic E-state index is 15.0. The fraction of sp³-hybridized carbons (Fsp3) is 0.280. The number of ether oxygens (including phenoxy) is 1. The highest BCUT2D eigenvalue weighted by Crippen LogP contribution is 2.35. The lowest BCUT2D eigenvalue weighted by molar-refractivity contribution is -0.162. The van der Waals surface area contributed by atoms with Crippen molar-refractivity contribution in [3.8, 4) is 0 Å². The Kier molecular flexibility index (Phi) is 14.6. The number of benzene rings is 5. The van der Waals surface area contributed by atoms with Crippen LogP contribution in [0.5, 0.6) is 0 Å². The summed E-state index contributed by atoms with van der Waals surface area (Å²) in [6.07, 6.45) is 1.74. The number of nitrogens with zero attached hydrogens (tertiary/aromatic N) is 3. The highest BCUT2D eigenvalue weighted by Gasteiger charge is 2.40. The van der Waals surface area contributed by atoms with Crippen LogP contribution >= 0.6 is 0 Å². The maximum Gasteiger partial charge on any atom is 0.312 e. The topological polar surface area (TPSA) is 100 Å². The minimum atomic E-state index is -4.14. The number of rotatable bonds is 18. The molecule has 5 aromatic carbocycles. The molecule has 8 nitrogen and oxygen atoms in total. The molecule has 0 aliphatic heterocycles. The van der Waals surface area contributed by atoms with Crippen LogP contribution in [0.15, 0.2) is 163 Å². The number of esters is 1. The molecule has 1 aromatic heterocycles. The summed E-state index contributed by atoms with van der Waals surface area (Å²) in [5.74, 6) is -1.63. The fourth-order valence-electron chi connectivity index (χ4n) is 8.00. The summed E-state index contributed by atoms with van der Waals surface area (Å²) in [6, 6.07) is 45.1. The van der Waals surface area contributed by atoms with E-state index in [4.69, 9.17) is 4.74 Å². The van der Waals surface area contributed by atoms with Crippen LogP contribution in [0, 0.1) is 26.7 Å². The molecule has 0 saturated carbocycles. The Balaban J connectivity index is 1.37. The van der Waals surface area contributed by atoms with Gasteiger partial charge in [0.2, 0.25) is 10.0 Å². The van der Waals surface area contributed by atoms with Gasteiger partial charge in [0, 0.05) is 38.1 Å². The van der Waals surface area contributed by atoms with Crippen LogP contribution in [0.1, 0.15) is 64.5 Å². The van der Waals surface area contributed by atoms with Gasteiger partial charge < -0.3 is 9.84 Å². The largest absolute Gasteiger partial charge is 0.455 e. The summed E-state index contributed by atoms with van der Waals surface area (Å²) in [5.41, 5.74) is 6.75. The molecule has 9 heteroatoms. The van der Waals surface area contributed by atoms with Crippen LogP contribution in [0.25, 0.3) is 0 Å². The molecule has 0 aliphatic rings. The SMILES string of the molecule is Cc1cc(C)c(S(=O)(=O)N(Cc2ccccc2)[C@@H](C)[C@H](OC(=O)[C@H](C)[C@H](O)[C@H](Cc2cccnc2)N(Cc2ccccc2)Cc2ccccc2)c2ccccc2)c(C)c1. The van der Waals surface area contributed by atoms with Crippen molar-refractivity contribution in [3.05, 3.63) is 202 Å². The number of carbonyl (C=O) groups excluding carboxylic acids is 1. The van der Waals surface area contributed by atoms with Gasteiger partial charge in [0.1, 0.15) is 6.10 Å². The van der Waals surface area contributed by atoms with E-state index in [2.05, 4.69) is 34.1 Å². The predicted molar refractivity (Wildman–Crippen MR) is 234 cm³/mol. The van der Waals surface area contributed by atoms with Crippen LogP contribution in [-0.4, -0.2) is 51.9 Å². The molecule has 0 radical (unpaired) electrons. The van der Waals surface area contributed by atoms with Gasteiger partial charge in [-0.1, -0.05) is 145 Å². The second-order valence-corrected chi connectivity index (χ2v) is 17.4. The number of sulfonamides is 1. The minimum absolute atomic E-state index is 0.0529. The summed E-state index contributed by atoms with van der Waals surface area (Å²) < 4.78 is 37.9. The van der Waals surface area contributed by atoms with Crippen LogP contribution in [0.4, 0.5) is 0 Å². The number of pyridine rings is 1. The number of aromatic nitrogens is 1. The molecule has 1 N–H and O–H groups in total. The zero-order valence-corrected chi connectivity index (χ0v) is 35.4. The van der Waals surface area contributed by atoms with Crippen molar-refractivity contribution in [1.82, 2.24) is 14.2 Å². The lowest BCUT2D eigenvalue weighted by Gasteiger charge is -2.38. The second kappa shape index (κ2) is 20.0. The summed E-state index contributed by atoms with van der Waals surface area (Å²) in [6.45, 7) is 10.2. The zero-order chi connectivity index (χ0) is 41.9. The summed E-state index contributed by atoms with van der Waals surface area (Å²) in [4.78, 5) is 21.4. The van der Waals surface area contributed by atoms with Gasteiger partial charge in [-0.15, -0.1) is 0 Å². The van der Waals surface area contributed by atoms with E-state index < -0.39 is 46.2 Å². The smallest absolute Gasteiger partial charge is 0.312 e. The van der Waals surface area contributed by atoms with Crippen LogP contribution in [0.3, 0.4) is 0 Å². The first kappa shape index (κ1) is 43.1. The standard InChI is InChI=1S/C50H55N3O5S/c1-36-29-37(2)49(38(3)30-36)59(56,57)53(35-43-23-14-8-15-24-43)40(5)48(45-26-16-9-17-27-45)58-50(55)39(4)47(54)46(31-44-25-18-28-51-32-44)52(33-41-19-10-6-11-20-41)34-42-21-12-7-13-22-42/h6-30,32,39-40,46-48,54H,31,33-35H2,1-5H3/t39-,40+,46+,47+,48+/m1/s1. The predicted octanol–water partition coefficient (Wildman–Crippen LogP) is 9.18. The first-order chi connectivity index (χ1) is 28.4. The molecule has 0 fully saturated rings. The molecule has 6 aromatic rings. The molecule has 0 unspecified atom stereocenters. The molecule has 306 valence electrons. The number of aliphatic hydroxyl groups excluding tert-OH is 1. The molecular formula is C50H55N3O5S. The van der Waals surface area contributed by atoms with E-state index in [-0.39, 0.29) is 11.4 Å². The van der Waals surface area contributed by atoms with Crippen molar-refractivity contribution in [3.63, 3.8) is 0 Å². The van der Waals surface area contributed by atoms with Crippen molar-refractivity contribution < 1.29 is 23.1 Å². The Bertz CT molecular complexity index is 2280. The monoisotopic (exact) mass is 809 g/mol. The number of aliphatic hydroxyl groups is 1. The molecule has 0 aliphatic carbocycles. The molecule has 5 atom stereocenters. The Hall–Kier alpha value is -5.45. The molecule has 1 heterocycles. The van der Waals surface area contributed by atoms with E-state index in [1.807, 2.05) is 142 Å². The van der Waals surface area contributed by atoms with Crippen LogP contribution in [0.2, 0.25) is 0 Å². The van der Waals surface area contributed by atoms with E-state index in [1.165, 1.54) is 4.31 Å². The number of hydrogen-bond donors (Lipinski definition) is 1. The number of carbonyl (C=O) groups is 1. The van der Waals surface area contributed by atoms with Crippen molar-refractivity contribution >= 4 is 16.0 Å². The lowest BCUT2D eigenvalue weighted by Crippen LogP contribution is -2.49. The third kappa shape index (κ3) is 11.0. The maximum atomic E-state index is 15.0. The normalized spacial score (nSPS) is 14.4. The molecule has 0 spiro atoms. The fourth-order valence-corrected chi connectivity index (χ4v) is 10.0. The van der Waals surface area contributed by atoms with Gasteiger partial charge in [0.15, 0.2) is 0 Å². The van der Waals surface area contributed by atoms with Gasteiger partial charge in [-0.2, -0.15) is 4.31 Å². The van der Waals surface area contributed by atoms with Crippen molar-refractivity contribution in [2.24, 2.45) is 5.92 Å². The van der Waals surface area contributed by atoms with E-state index in [0.717, 1.165) is 27.8 Å². The summed E-state index contributed by atoms with van der Waals surface area (Å²) in [7, 11) is -4.14. The van der Waals surface area contributed by atoms with Crippen molar-refractivity contribution in [1.29, 1.82) is 0 Å². The third-order valence-corrected chi connectivity index (χ3v) is 13.2. The third-order valence-electron chi connectivity index (χ3n) is 11.0. The van der Waals surface area contributed by atoms with Gasteiger partial charge in [0.25, 0.3) is 0 Å². The van der Waals surface area contributed by atoms with E-state index in [9.17, 15) is 18.3 Å². The van der Waals surface area contributed by atoms with Crippen molar-refractivity contribution in [2.45, 2.75) is 89.9 Å². The highest BCUT2D eigenvalue weighted by molar-refractivity contribution is 7.89. The van der Waals surface area contributed by atoms with Gasteiger partial charge >= 0.3 is 5.97 Å². The van der Waals surface area contributed by atoms with Crippen LogP contribution < -0.4 is 0 Å². The molecule has 0 saturated heterocycles. The average Bonchev–Trinajstić information content (AvgIpc) is 3.24. The van der Waals surface area contributed by atoms with Crippen LogP contribution in [-0.2, 0) is 45.6 Å². The quantitative estimate of drug-likeness (QED) is 0.0865. The Morgan fingerprint density at radius 1 is 0.678 bits per heavy atom. The van der Waals surface area contributed by atoms with Gasteiger partial charge in [0.05, 0.1) is 23.0 Å². The second-order valence-electron chi connectivity index (χ2n) is 15.6. The van der Waals surface area contributed by atoms with Gasteiger partial charge in [-0.25, -0.2) is 8.42 Å².